The van der Waals surface area contributed by atoms with E-state index < -0.39 is 0 Å². The number of nitrogens with zero attached hydrogens (tertiary/aromatic N) is 6. The normalized spacial score (nSPS) is 17.4. The van der Waals surface area contributed by atoms with E-state index in [2.05, 4.69) is 79.8 Å². The summed E-state index contributed by atoms with van der Waals surface area (Å²) in [6.45, 7) is 7.96. The number of morpholine rings is 1. The summed E-state index contributed by atoms with van der Waals surface area (Å²) in [5.41, 5.74) is 7.79. The van der Waals surface area contributed by atoms with E-state index in [1.165, 1.54) is 29.7 Å². The van der Waals surface area contributed by atoms with E-state index in [9.17, 15) is 4.79 Å². The van der Waals surface area contributed by atoms with Crippen LogP contribution in [0.15, 0.2) is 83.4 Å². The van der Waals surface area contributed by atoms with Gasteiger partial charge in [0.25, 0.3) is 0 Å². The van der Waals surface area contributed by atoms with Crippen LogP contribution in [0.25, 0.3) is 22.5 Å². The van der Waals surface area contributed by atoms with Crippen molar-refractivity contribution < 1.29 is 14.1 Å². The quantitative estimate of drug-likeness (QED) is 0.175. The zero-order chi connectivity index (χ0) is 33.7. The molecule has 2 aromatic heterocycles. The number of aryl methyl sites for hydroxylation is 1. The molecule has 0 unspecified atom stereocenters. The third-order valence-corrected chi connectivity index (χ3v) is 10.3. The van der Waals surface area contributed by atoms with Gasteiger partial charge < -0.3 is 24.4 Å². The summed E-state index contributed by atoms with van der Waals surface area (Å²) >= 11 is 0. The van der Waals surface area contributed by atoms with Crippen molar-refractivity contribution in [1.82, 2.24) is 20.0 Å². The molecular formula is C40H45N7O3. The number of anilines is 3. The van der Waals surface area contributed by atoms with Crippen LogP contribution in [-0.4, -0.2) is 78.4 Å². The molecule has 3 saturated heterocycles. The second kappa shape index (κ2) is 15.0. The van der Waals surface area contributed by atoms with Crippen molar-refractivity contribution in [2.75, 3.05) is 67.6 Å². The fourth-order valence-electron chi connectivity index (χ4n) is 7.46. The maximum atomic E-state index is 12.9. The number of carbonyl (C=O) groups excluding carboxylic acids is 1. The van der Waals surface area contributed by atoms with Gasteiger partial charge >= 0.3 is 0 Å². The van der Waals surface area contributed by atoms with Crippen LogP contribution in [0.5, 0.6) is 0 Å². The molecule has 3 aliphatic heterocycles. The van der Waals surface area contributed by atoms with Crippen LogP contribution >= 0.6 is 0 Å². The number of amides is 1. The average Bonchev–Trinajstić information content (AvgIpc) is 3.87. The van der Waals surface area contributed by atoms with E-state index in [0.29, 0.717) is 37.5 Å². The van der Waals surface area contributed by atoms with Gasteiger partial charge in [-0.15, -0.1) is 0 Å². The van der Waals surface area contributed by atoms with Gasteiger partial charge in [-0.05, 0) is 92.7 Å². The molecule has 0 spiro atoms. The summed E-state index contributed by atoms with van der Waals surface area (Å²) in [7, 11) is 0. The van der Waals surface area contributed by atoms with E-state index in [1.807, 2.05) is 24.3 Å². The Morgan fingerprint density at radius 1 is 0.780 bits per heavy atom. The number of carbonyl (C=O) groups is 1. The Kier molecular flexibility index (Phi) is 9.71. The number of aromatic nitrogens is 3. The van der Waals surface area contributed by atoms with Crippen LogP contribution in [0.1, 0.15) is 54.8 Å². The van der Waals surface area contributed by atoms with Crippen LogP contribution in [0, 0.1) is 0 Å². The molecule has 0 radical (unpaired) electrons. The van der Waals surface area contributed by atoms with Crippen LogP contribution in [0.3, 0.4) is 0 Å². The van der Waals surface area contributed by atoms with Gasteiger partial charge in [-0.3, -0.25) is 9.69 Å². The minimum atomic E-state index is -0.00225. The third-order valence-electron chi connectivity index (χ3n) is 10.3. The molecule has 1 amide bonds. The smallest absolute Gasteiger partial charge is 0.227 e. The van der Waals surface area contributed by atoms with E-state index in [4.69, 9.17) is 19.2 Å². The maximum Gasteiger partial charge on any atom is 0.227 e. The van der Waals surface area contributed by atoms with Crippen LogP contribution in [-0.2, 0) is 22.5 Å². The number of benzene rings is 3. The van der Waals surface area contributed by atoms with Crippen LogP contribution in [0.4, 0.5) is 17.2 Å². The molecule has 50 heavy (non-hydrogen) atoms. The number of hydrogen-bond donors (Lipinski definition) is 1. The van der Waals surface area contributed by atoms with E-state index >= 15 is 0 Å². The molecule has 5 aromatic rings. The molecule has 10 nitrogen and oxygen atoms in total. The predicted molar refractivity (Wildman–Crippen MR) is 197 cm³/mol. The van der Waals surface area contributed by atoms with Gasteiger partial charge in [-0.1, -0.05) is 47.6 Å². The first kappa shape index (κ1) is 32.4. The monoisotopic (exact) mass is 671 g/mol. The fraction of sp³-hybridized carbons (Fsp3) is 0.400. The Bertz CT molecular complexity index is 1870. The Hall–Kier alpha value is -4.80. The Morgan fingerprint density at radius 3 is 2.26 bits per heavy atom. The molecule has 3 fully saturated rings. The molecule has 8 rings (SSSR count). The number of likely N-dealkylation sites (tertiary alicyclic amines) is 1. The summed E-state index contributed by atoms with van der Waals surface area (Å²) in [5, 5.41) is 7.69. The summed E-state index contributed by atoms with van der Waals surface area (Å²) < 4.78 is 11.7. The van der Waals surface area contributed by atoms with Gasteiger partial charge in [0.05, 0.1) is 13.2 Å². The first-order valence-electron chi connectivity index (χ1n) is 18.2. The SMILES string of the molecule is O=C(CCc1ccc(N2CCCC2)cc1)Nc1ccc(-c2nc(N3CCOCC3)c3onc(C4CCN(Cc5ccccc5)CC4)c3n2)cc1. The molecule has 1 N–H and O–H groups in total. The first-order chi connectivity index (χ1) is 24.7. The highest BCUT2D eigenvalue weighted by atomic mass is 16.5. The number of hydrogen-bond acceptors (Lipinski definition) is 9. The summed E-state index contributed by atoms with van der Waals surface area (Å²) in [5.74, 6) is 1.65. The Labute approximate surface area is 293 Å². The lowest BCUT2D eigenvalue weighted by molar-refractivity contribution is -0.116. The molecule has 0 saturated carbocycles. The largest absolute Gasteiger partial charge is 0.378 e. The van der Waals surface area contributed by atoms with E-state index in [1.54, 1.807) is 0 Å². The van der Waals surface area contributed by atoms with Crippen molar-refractivity contribution in [3.63, 3.8) is 0 Å². The van der Waals surface area contributed by atoms with Gasteiger partial charge in [-0.2, -0.15) is 0 Å². The lowest BCUT2D eigenvalue weighted by Gasteiger charge is -2.31. The first-order valence-corrected chi connectivity index (χ1v) is 18.2. The van der Waals surface area contributed by atoms with Gasteiger partial charge in [0.1, 0.15) is 11.2 Å². The lowest BCUT2D eigenvalue weighted by Crippen LogP contribution is -2.37. The van der Waals surface area contributed by atoms with Crippen molar-refractivity contribution in [2.45, 2.75) is 51.0 Å². The summed E-state index contributed by atoms with van der Waals surface area (Å²) in [6.07, 6.45) is 5.65. The summed E-state index contributed by atoms with van der Waals surface area (Å²) in [4.78, 5) is 30.1. The number of ether oxygens (including phenoxy) is 1. The zero-order valence-corrected chi connectivity index (χ0v) is 28.6. The van der Waals surface area contributed by atoms with Crippen molar-refractivity contribution in [3.8, 4) is 11.4 Å². The predicted octanol–water partition coefficient (Wildman–Crippen LogP) is 6.67. The van der Waals surface area contributed by atoms with Crippen molar-refractivity contribution >= 4 is 34.2 Å². The minimum Gasteiger partial charge on any atom is -0.378 e. The van der Waals surface area contributed by atoms with Gasteiger partial charge in [0, 0.05) is 62.0 Å². The standard InChI is InChI=1S/C40H45N7O3/c48-35(17-10-29-8-15-34(16-9-29)46-20-4-5-21-46)41-33-13-11-32(12-14-33)39-42-37-36(44-50-38(37)40(43-39)47-24-26-49-27-25-47)31-18-22-45(23-19-31)28-30-6-2-1-3-7-30/h1-3,6-9,11-16,31H,4-5,10,17-28H2,(H,41,48). The van der Waals surface area contributed by atoms with Crippen LogP contribution in [0.2, 0.25) is 0 Å². The van der Waals surface area contributed by atoms with E-state index in [0.717, 1.165) is 86.9 Å². The second-order valence-electron chi connectivity index (χ2n) is 13.7. The number of piperidine rings is 1. The molecule has 0 aliphatic carbocycles. The second-order valence-corrected chi connectivity index (χ2v) is 13.7. The molecule has 3 aromatic carbocycles. The lowest BCUT2D eigenvalue weighted by atomic mass is 9.92. The highest BCUT2D eigenvalue weighted by Gasteiger charge is 2.29. The maximum absolute atomic E-state index is 12.9. The Morgan fingerprint density at radius 2 is 1.52 bits per heavy atom. The highest BCUT2D eigenvalue weighted by Crippen LogP contribution is 2.36. The van der Waals surface area contributed by atoms with Gasteiger partial charge in [0.2, 0.25) is 11.5 Å². The minimum absolute atomic E-state index is 0.00225. The molecule has 3 aliphatic rings. The van der Waals surface area contributed by atoms with Crippen molar-refractivity contribution in [3.05, 3.63) is 95.7 Å². The fourth-order valence-corrected chi connectivity index (χ4v) is 7.46. The van der Waals surface area contributed by atoms with Crippen molar-refractivity contribution in [1.29, 1.82) is 0 Å². The van der Waals surface area contributed by atoms with Crippen LogP contribution < -0.4 is 15.1 Å². The van der Waals surface area contributed by atoms with Crippen molar-refractivity contribution in [2.24, 2.45) is 0 Å². The molecule has 0 bridgehead atoms. The van der Waals surface area contributed by atoms with Gasteiger partial charge in [-0.25, -0.2) is 9.97 Å². The summed E-state index contributed by atoms with van der Waals surface area (Å²) in [6, 6.07) is 27.1. The Balaban J connectivity index is 0.957. The van der Waals surface area contributed by atoms with Gasteiger partial charge in [0.15, 0.2) is 11.6 Å². The average molecular weight is 672 g/mol. The highest BCUT2D eigenvalue weighted by molar-refractivity contribution is 5.91. The molecular weight excluding hydrogens is 626 g/mol. The third kappa shape index (κ3) is 7.37. The zero-order valence-electron chi connectivity index (χ0n) is 28.6. The number of nitrogens with one attached hydrogen (secondary N) is 1. The topological polar surface area (TPSA) is 99.9 Å². The molecule has 5 heterocycles. The van der Waals surface area contributed by atoms with E-state index in [-0.39, 0.29) is 11.8 Å². The molecule has 10 heteroatoms. The molecule has 0 atom stereocenters. The number of rotatable bonds is 10. The number of fused-ring (bicyclic) bond motifs is 1. The molecule has 258 valence electrons.